The molecular weight excluding hydrogens is 853 g/mol. The van der Waals surface area contributed by atoms with Crippen molar-refractivity contribution in [2.75, 3.05) is 53.7 Å². The summed E-state index contributed by atoms with van der Waals surface area (Å²) in [7, 11) is 0.283. The standard InChI is InChI=1S/C53H64N2O10Si/c1-40(57)24-33-48(58)63-36-16-34-54-49(59)52(38-56,50(60)55-35-17-37-65-66(51(2,3)4,46-20-12-8-13-21-46)47-22-14-9-15-23-47)39-64-53(41-18-10-7-11-19-41,42-25-29-44(61-5)30-26-42)43-27-31-45(62-6)32-28-43/h7-15,18-23,25-32,56H,16-17,24,33-39H2,1-6H3,(H,54,59)(H,55,60). The van der Waals surface area contributed by atoms with Gasteiger partial charge in [-0.05, 0) is 76.1 Å². The predicted octanol–water partition coefficient (Wildman–Crippen LogP) is 6.49. The molecule has 0 radical (unpaired) electrons. The van der Waals surface area contributed by atoms with E-state index in [-0.39, 0.29) is 49.8 Å². The molecule has 5 aromatic carbocycles. The van der Waals surface area contributed by atoms with Gasteiger partial charge in [-0.15, -0.1) is 0 Å². The smallest absolute Gasteiger partial charge is 0.306 e. The van der Waals surface area contributed by atoms with E-state index in [4.69, 9.17) is 23.4 Å². The number of ether oxygens (including phenoxy) is 4. The van der Waals surface area contributed by atoms with E-state index in [9.17, 15) is 24.3 Å². The molecule has 350 valence electrons. The van der Waals surface area contributed by atoms with Crippen LogP contribution in [0.25, 0.3) is 0 Å². The van der Waals surface area contributed by atoms with Crippen LogP contribution in [-0.4, -0.2) is 90.7 Å². The average molecular weight is 917 g/mol. The third-order valence-electron chi connectivity index (χ3n) is 11.7. The molecule has 66 heavy (non-hydrogen) atoms. The van der Waals surface area contributed by atoms with Crippen LogP contribution in [0.2, 0.25) is 5.04 Å². The lowest BCUT2D eigenvalue weighted by atomic mass is 9.79. The summed E-state index contributed by atoms with van der Waals surface area (Å²) in [6.07, 6.45) is 0.655. The minimum absolute atomic E-state index is 0.0148. The largest absolute Gasteiger partial charge is 0.497 e. The third kappa shape index (κ3) is 12.0. The van der Waals surface area contributed by atoms with Gasteiger partial charge in [-0.2, -0.15) is 0 Å². The molecule has 0 spiro atoms. The molecule has 1 atom stereocenters. The zero-order chi connectivity index (χ0) is 47.6. The Morgan fingerprint density at radius 1 is 0.591 bits per heavy atom. The molecule has 3 N–H and O–H groups in total. The van der Waals surface area contributed by atoms with Gasteiger partial charge < -0.3 is 43.9 Å². The SMILES string of the molecule is COc1ccc(C(OCC(CO)(C(=O)NCCCOC(=O)CCC(C)=O)C(=O)NCCCO[Si](c2ccccc2)(c2ccccc2)C(C)(C)C)(c2ccccc2)c2ccc(OC)cc2)cc1. The Morgan fingerprint density at radius 3 is 1.45 bits per heavy atom. The molecule has 0 saturated heterocycles. The highest BCUT2D eigenvalue weighted by Gasteiger charge is 2.51. The fraction of sp³-hybridized carbons (Fsp3) is 0.358. The van der Waals surface area contributed by atoms with Gasteiger partial charge in [0.05, 0.1) is 40.5 Å². The zero-order valence-corrected chi connectivity index (χ0v) is 40.0. The molecule has 13 heteroatoms. The van der Waals surface area contributed by atoms with Crippen LogP contribution in [0.15, 0.2) is 140 Å². The highest BCUT2D eigenvalue weighted by molar-refractivity contribution is 6.99. The number of Topliss-reactive ketones (excluding diaryl/α,β-unsaturated/α-hetero) is 1. The second-order valence-electron chi connectivity index (χ2n) is 17.2. The monoisotopic (exact) mass is 916 g/mol. The number of methoxy groups -OCH3 is 2. The first-order valence-corrected chi connectivity index (χ1v) is 24.2. The topological polar surface area (TPSA) is 159 Å². The molecule has 5 rings (SSSR count). The van der Waals surface area contributed by atoms with Crippen LogP contribution < -0.4 is 30.5 Å². The molecule has 1 unspecified atom stereocenters. The number of carbonyl (C=O) groups excluding carboxylic acids is 4. The van der Waals surface area contributed by atoms with Crippen LogP contribution >= 0.6 is 0 Å². The molecule has 0 bridgehead atoms. The summed E-state index contributed by atoms with van der Waals surface area (Å²) < 4.78 is 30.4. The summed E-state index contributed by atoms with van der Waals surface area (Å²) >= 11 is 0. The molecule has 0 aliphatic carbocycles. The third-order valence-corrected chi connectivity index (χ3v) is 16.8. The molecule has 0 aliphatic heterocycles. The molecule has 0 aliphatic rings. The lowest BCUT2D eigenvalue weighted by molar-refractivity contribution is -0.155. The van der Waals surface area contributed by atoms with Crippen LogP contribution in [0, 0.1) is 5.41 Å². The number of amides is 2. The maximum absolute atomic E-state index is 14.7. The number of benzene rings is 5. The van der Waals surface area contributed by atoms with Crippen LogP contribution in [-0.2, 0) is 38.7 Å². The van der Waals surface area contributed by atoms with Crippen LogP contribution in [0.4, 0.5) is 0 Å². The molecule has 0 heterocycles. The van der Waals surface area contributed by atoms with Crippen LogP contribution in [0.5, 0.6) is 11.5 Å². The second kappa shape index (κ2) is 23.9. The van der Waals surface area contributed by atoms with Crippen molar-refractivity contribution in [2.24, 2.45) is 5.41 Å². The zero-order valence-electron chi connectivity index (χ0n) is 39.0. The lowest BCUT2D eigenvalue weighted by Gasteiger charge is -2.43. The van der Waals surface area contributed by atoms with Crippen LogP contribution in [0.3, 0.4) is 0 Å². The van der Waals surface area contributed by atoms with E-state index in [0.29, 0.717) is 41.2 Å². The normalized spacial score (nSPS) is 12.7. The summed E-state index contributed by atoms with van der Waals surface area (Å²) in [6.45, 7) is 6.95. The van der Waals surface area contributed by atoms with Crippen molar-refractivity contribution in [1.29, 1.82) is 0 Å². The fourth-order valence-electron chi connectivity index (χ4n) is 8.14. The highest BCUT2D eigenvalue weighted by atomic mass is 28.4. The number of hydrogen-bond donors (Lipinski definition) is 3. The molecule has 0 fully saturated rings. The maximum Gasteiger partial charge on any atom is 0.306 e. The lowest BCUT2D eigenvalue weighted by Crippen LogP contribution is -2.66. The molecule has 0 aromatic heterocycles. The summed E-state index contributed by atoms with van der Waals surface area (Å²) in [5.41, 5.74) is -1.55. The first-order chi connectivity index (χ1) is 31.8. The van der Waals surface area contributed by atoms with Gasteiger partial charge in [0, 0.05) is 26.1 Å². The number of nitrogens with one attached hydrogen (secondary N) is 2. The molecule has 2 amide bonds. The Bertz CT molecular complexity index is 2220. The molecule has 12 nitrogen and oxygen atoms in total. The van der Waals surface area contributed by atoms with Crippen molar-refractivity contribution in [3.8, 4) is 11.5 Å². The van der Waals surface area contributed by atoms with E-state index in [1.165, 1.54) is 6.92 Å². The van der Waals surface area contributed by atoms with E-state index in [1.807, 2.05) is 91.0 Å². The molecule has 5 aromatic rings. The van der Waals surface area contributed by atoms with Gasteiger partial charge in [-0.25, -0.2) is 0 Å². The van der Waals surface area contributed by atoms with Gasteiger partial charge in [-0.3, -0.25) is 14.4 Å². The van der Waals surface area contributed by atoms with Crippen molar-refractivity contribution >= 4 is 42.3 Å². The van der Waals surface area contributed by atoms with Gasteiger partial charge in [0.1, 0.15) is 22.9 Å². The number of aliphatic hydroxyl groups excluding tert-OH is 1. The number of esters is 1. The van der Waals surface area contributed by atoms with E-state index < -0.39 is 50.3 Å². The predicted molar refractivity (Wildman–Crippen MR) is 257 cm³/mol. The Morgan fingerprint density at radius 2 is 1.03 bits per heavy atom. The Kier molecular flexibility index (Phi) is 18.4. The minimum Gasteiger partial charge on any atom is -0.497 e. The number of rotatable bonds is 25. The quantitative estimate of drug-likeness (QED) is 0.0194. The van der Waals surface area contributed by atoms with Gasteiger partial charge >= 0.3 is 5.97 Å². The Hall–Kier alpha value is -6.12. The fourth-order valence-corrected chi connectivity index (χ4v) is 12.7. The highest BCUT2D eigenvalue weighted by Crippen LogP contribution is 2.43. The van der Waals surface area contributed by atoms with Gasteiger partial charge in [0.2, 0.25) is 11.8 Å². The average Bonchev–Trinajstić information content (AvgIpc) is 3.34. The maximum atomic E-state index is 14.7. The summed E-state index contributed by atoms with van der Waals surface area (Å²) in [6, 6.07) is 44.7. The van der Waals surface area contributed by atoms with E-state index in [1.54, 1.807) is 38.5 Å². The Balaban J connectivity index is 1.46. The van der Waals surface area contributed by atoms with E-state index in [0.717, 1.165) is 10.4 Å². The summed E-state index contributed by atoms with van der Waals surface area (Å²) in [5, 5.41) is 19.1. The Labute approximate surface area is 390 Å². The van der Waals surface area contributed by atoms with Crippen LogP contribution in [0.1, 0.15) is 70.1 Å². The summed E-state index contributed by atoms with van der Waals surface area (Å²) in [5.74, 6) is -0.940. The van der Waals surface area contributed by atoms with Gasteiger partial charge in [0.15, 0.2) is 5.41 Å². The second-order valence-corrected chi connectivity index (χ2v) is 21.5. The number of aliphatic hydroxyl groups is 1. The molecule has 0 saturated carbocycles. The van der Waals surface area contributed by atoms with Crippen molar-refractivity contribution in [3.63, 3.8) is 0 Å². The van der Waals surface area contributed by atoms with Crippen molar-refractivity contribution in [2.45, 2.75) is 64.0 Å². The minimum atomic E-state index is -2.87. The molecular formula is C53H64N2O10Si. The summed E-state index contributed by atoms with van der Waals surface area (Å²) in [4.78, 5) is 52.8. The van der Waals surface area contributed by atoms with E-state index in [2.05, 4.69) is 55.7 Å². The first kappa shape index (κ1) is 50.9. The first-order valence-electron chi connectivity index (χ1n) is 22.3. The van der Waals surface area contributed by atoms with Gasteiger partial charge in [-0.1, -0.05) is 136 Å². The van der Waals surface area contributed by atoms with Crippen molar-refractivity contribution < 1.29 is 47.7 Å². The number of hydrogen-bond acceptors (Lipinski definition) is 10. The number of carbonyl (C=O) groups is 4. The van der Waals surface area contributed by atoms with Gasteiger partial charge in [0.25, 0.3) is 8.32 Å². The van der Waals surface area contributed by atoms with E-state index >= 15 is 0 Å². The van der Waals surface area contributed by atoms with Crippen molar-refractivity contribution in [3.05, 3.63) is 156 Å². The number of ketones is 1. The van der Waals surface area contributed by atoms with Crippen molar-refractivity contribution in [1.82, 2.24) is 10.6 Å².